The number of amides is 1. The van der Waals surface area contributed by atoms with Crippen LogP contribution in [0.2, 0.25) is 5.02 Å². The fraction of sp³-hybridized carbons (Fsp3) is 0.100. The highest BCUT2D eigenvalue weighted by molar-refractivity contribution is 7.15. The van der Waals surface area contributed by atoms with Crippen LogP contribution in [-0.4, -0.2) is 16.1 Å². The van der Waals surface area contributed by atoms with Gasteiger partial charge >= 0.3 is 0 Å². The van der Waals surface area contributed by atoms with Crippen LogP contribution in [-0.2, 0) is 6.54 Å². The van der Waals surface area contributed by atoms with Gasteiger partial charge in [0.15, 0.2) is 0 Å². The van der Waals surface area contributed by atoms with Crippen molar-refractivity contribution in [3.05, 3.63) is 39.9 Å². The van der Waals surface area contributed by atoms with Crippen molar-refractivity contribution in [2.75, 3.05) is 5.73 Å². The van der Waals surface area contributed by atoms with Crippen LogP contribution < -0.4 is 11.1 Å². The number of nitrogens with one attached hydrogen (secondary N) is 1. The zero-order valence-electron chi connectivity index (χ0n) is 8.68. The Labute approximate surface area is 107 Å². The first-order valence-electron chi connectivity index (χ1n) is 4.77. The van der Waals surface area contributed by atoms with Gasteiger partial charge in [0.1, 0.15) is 5.01 Å². The largest absolute Gasteiger partial charge is 0.374 e. The minimum atomic E-state index is -0.246. The van der Waals surface area contributed by atoms with Gasteiger partial charge in [-0.05, 0) is 12.1 Å². The van der Waals surface area contributed by atoms with E-state index in [-0.39, 0.29) is 5.91 Å². The molecule has 1 amide bonds. The van der Waals surface area contributed by atoms with Crippen LogP contribution in [0.4, 0.5) is 5.13 Å². The number of benzene rings is 1. The maximum absolute atomic E-state index is 11.8. The SMILES string of the molecule is Nc1nnc(CNC(=O)c2ccccc2Cl)s1. The van der Waals surface area contributed by atoms with Crippen LogP contribution in [0.1, 0.15) is 15.4 Å². The fourth-order valence-corrected chi connectivity index (χ4v) is 2.01. The van der Waals surface area contributed by atoms with Crippen LogP contribution in [0.15, 0.2) is 24.3 Å². The Morgan fingerprint density at radius 1 is 1.41 bits per heavy atom. The van der Waals surface area contributed by atoms with E-state index in [1.165, 1.54) is 11.3 Å². The number of carbonyl (C=O) groups is 1. The van der Waals surface area contributed by atoms with Crippen molar-refractivity contribution in [3.63, 3.8) is 0 Å². The molecule has 0 atom stereocenters. The third kappa shape index (κ3) is 2.92. The maximum atomic E-state index is 11.8. The van der Waals surface area contributed by atoms with E-state index >= 15 is 0 Å². The fourth-order valence-electron chi connectivity index (χ4n) is 1.23. The first kappa shape index (κ1) is 11.8. The van der Waals surface area contributed by atoms with Gasteiger partial charge in [-0.25, -0.2) is 0 Å². The van der Waals surface area contributed by atoms with Crippen molar-refractivity contribution in [1.82, 2.24) is 15.5 Å². The van der Waals surface area contributed by atoms with E-state index in [1.807, 2.05) is 0 Å². The summed E-state index contributed by atoms with van der Waals surface area (Å²) in [7, 11) is 0. The molecule has 3 N–H and O–H groups in total. The normalized spacial score (nSPS) is 10.2. The predicted molar refractivity (Wildman–Crippen MR) is 66.9 cm³/mol. The summed E-state index contributed by atoms with van der Waals surface area (Å²) in [6, 6.07) is 6.85. The molecule has 0 unspecified atom stereocenters. The number of aromatic nitrogens is 2. The van der Waals surface area contributed by atoms with Crippen LogP contribution in [0.3, 0.4) is 0 Å². The Bertz CT molecular complexity index is 543. The molecule has 0 bridgehead atoms. The van der Waals surface area contributed by atoms with Gasteiger partial charge in [-0.15, -0.1) is 10.2 Å². The number of hydrogen-bond donors (Lipinski definition) is 2. The minimum Gasteiger partial charge on any atom is -0.374 e. The van der Waals surface area contributed by atoms with E-state index in [2.05, 4.69) is 15.5 Å². The smallest absolute Gasteiger partial charge is 0.253 e. The lowest BCUT2D eigenvalue weighted by Gasteiger charge is -2.04. The predicted octanol–water partition coefficient (Wildman–Crippen LogP) is 1.70. The summed E-state index contributed by atoms with van der Waals surface area (Å²) in [5, 5.41) is 11.6. The summed E-state index contributed by atoms with van der Waals surface area (Å²) < 4.78 is 0. The third-order valence-electron chi connectivity index (χ3n) is 2.00. The second-order valence-electron chi connectivity index (χ2n) is 3.20. The van der Waals surface area contributed by atoms with Crippen LogP contribution in [0.5, 0.6) is 0 Å². The van der Waals surface area contributed by atoms with E-state index < -0.39 is 0 Å². The number of anilines is 1. The lowest BCUT2D eigenvalue weighted by atomic mass is 10.2. The Morgan fingerprint density at radius 3 is 2.82 bits per heavy atom. The topological polar surface area (TPSA) is 80.9 Å². The summed E-state index contributed by atoms with van der Waals surface area (Å²) in [5.74, 6) is -0.246. The lowest BCUT2D eigenvalue weighted by molar-refractivity contribution is 0.0951. The third-order valence-corrected chi connectivity index (χ3v) is 3.08. The number of nitrogen functional groups attached to an aromatic ring is 1. The van der Waals surface area contributed by atoms with Crippen molar-refractivity contribution in [1.29, 1.82) is 0 Å². The number of hydrogen-bond acceptors (Lipinski definition) is 5. The number of halogens is 1. The van der Waals surface area contributed by atoms with Gasteiger partial charge in [0.2, 0.25) is 5.13 Å². The van der Waals surface area contributed by atoms with Crippen molar-refractivity contribution in [2.45, 2.75) is 6.54 Å². The summed E-state index contributed by atoms with van der Waals surface area (Å²) in [4.78, 5) is 11.8. The molecule has 0 aliphatic heterocycles. The van der Waals surface area contributed by atoms with Gasteiger partial charge in [0.05, 0.1) is 17.1 Å². The maximum Gasteiger partial charge on any atom is 0.253 e. The Balaban J connectivity index is 2.01. The summed E-state index contributed by atoms with van der Waals surface area (Å²) in [5.41, 5.74) is 5.87. The zero-order chi connectivity index (χ0) is 12.3. The first-order valence-corrected chi connectivity index (χ1v) is 5.97. The van der Waals surface area contributed by atoms with Crippen molar-refractivity contribution < 1.29 is 4.79 Å². The van der Waals surface area contributed by atoms with Gasteiger partial charge in [-0.1, -0.05) is 35.1 Å². The van der Waals surface area contributed by atoms with Crippen molar-refractivity contribution >= 4 is 34.0 Å². The highest BCUT2D eigenvalue weighted by Gasteiger charge is 2.10. The molecule has 0 aliphatic carbocycles. The average Bonchev–Trinajstić information content (AvgIpc) is 2.73. The lowest BCUT2D eigenvalue weighted by Crippen LogP contribution is -2.22. The molecule has 17 heavy (non-hydrogen) atoms. The van der Waals surface area contributed by atoms with Crippen LogP contribution >= 0.6 is 22.9 Å². The molecular formula is C10H9ClN4OS. The second kappa shape index (κ2) is 5.11. The molecule has 7 heteroatoms. The average molecular weight is 269 g/mol. The zero-order valence-corrected chi connectivity index (χ0v) is 10.3. The Hall–Kier alpha value is -1.66. The Kier molecular flexibility index (Phi) is 3.55. The standard InChI is InChI=1S/C10H9ClN4OS/c11-7-4-2-1-3-6(7)9(16)13-5-8-14-15-10(12)17-8/h1-4H,5H2,(H2,12,15)(H,13,16). The van der Waals surface area contributed by atoms with Gasteiger partial charge < -0.3 is 11.1 Å². The molecule has 88 valence electrons. The van der Waals surface area contributed by atoms with Gasteiger partial charge in [0.25, 0.3) is 5.91 Å². The summed E-state index contributed by atoms with van der Waals surface area (Å²) >= 11 is 7.14. The number of nitrogens with two attached hydrogens (primary N) is 1. The molecular weight excluding hydrogens is 260 g/mol. The Morgan fingerprint density at radius 2 is 2.18 bits per heavy atom. The highest BCUT2D eigenvalue weighted by atomic mass is 35.5. The van der Waals surface area contributed by atoms with E-state index in [0.29, 0.717) is 27.3 Å². The molecule has 0 saturated heterocycles. The quantitative estimate of drug-likeness (QED) is 0.888. The number of nitrogens with zero attached hydrogens (tertiary/aromatic N) is 2. The van der Waals surface area contributed by atoms with E-state index in [9.17, 15) is 4.79 Å². The monoisotopic (exact) mass is 268 g/mol. The molecule has 2 aromatic rings. The summed E-state index contributed by atoms with van der Waals surface area (Å²) in [6.45, 7) is 0.291. The van der Waals surface area contributed by atoms with Gasteiger partial charge in [0, 0.05) is 0 Å². The first-order chi connectivity index (χ1) is 8.16. The summed E-state index contributed by atoms with van der Waals surface area (Å²) in [6.07, 6.45) is 0. The second-order valence-corrected chi connectivity index (χ2v) is 4.70. The molecule has 1 aromatic heterocycles. The molecule has 0 radical (unpaired) electrons. The number of rotatable bonds is 3. The van der Waals surface area contributed by atoms with E-state index in [4.69, 9.17) is 17.3 Å². The van der Waals surface area contributed by atoms with Crippen LogP contribution in [0, 0.1) is 0 Å². The molecule has 0 fully saturated rings. The molecule has 1 heterocycles. The van der Waals surface area contributed by atoms with Crippen LogP contribution in [0.25, 0.3) is 0 Å². The van der Waals surface area contributed by atoms with Gasteiger partial charge in [-0.3, -0.25) is 4.79 Å². The number of carbonyl (C=O) groups excluding carboxylic acids is 1. The highest BCUT2D eigenvalue weighted by Crippen LogP contribution is 2.15. The molecule has 5 nitrogen and oxygen atoms in total. The van der Waals surface area contributed by atoms with Crippen molar-refractivity contribution in [3.8, 4) is 0 Å². The van der Waals surface area contributed by atoms with Gasteiger partial charge in [-0.2, -0.15) is 0 Å². The van der Waals surface area contributed by atoms with E-state index in [0.717, 1.165) is 0 Å². The molecule has 1 aromatic carbocycles. The molecule has 0 spiro atoms. The molecule has 0 saturated carbocycles. The minimum absolute atomic E-state index is 0.246. The molecule has 0 aliphatic rings. The van der Waals surface area contributed by atoms with E-state index in [1.54, 1.807) is 24.3 Å². The molecule has 2 rings (SSSR count). The van der Waals surface area contributed by atoms with Crippen molar-refractivity contribution in [2.24, 2.45) is 0 Å².